The molecule has 2 aromatic rings. The number of amides is 15. The summed E-state index contributed by atoms with van der Waals surface area (Å²) in [6, 6.07) is -15.1. The molecule has 1 aromatic carbocycles. The van der Waals surface area contributed by atoms with E-state index in [4.69, 9.17) is 26.7 Å². The lowest BCUT2D eigenvalue weighted by Crippen LogP contribution is -2.62. The van der Waals surface area contributed by atoms with Crippen LogP contribution in [0.25, 0.3) is 10.9 Å². The van der Waals surface area contributed by atoms with Crippen LogP contribution in [0, 0.1) is 11.8 Å². The SMILES string of the molecule is CCCCCCCCCC(=O)NC(Cc1c[nH]c2ccccc12)C(=O)NC(CC(N)=O)C(=O)NC(CC(=O)O)C(=O)NC1C(=O)N(C)CC(=O)NC(C)C(=O)NC(CC(=O)O)C(=O)NC(CCCCN)C(=O)NC(C(OC)C(=O)O)C(=O)NCC(=O)NC(CC(N)=O)C(=O)NC(C(C)CC(=O)O)C(=O)NC(C(C)C)C(=O)OC1C. The number of carbonyl (C=O) groups is 20. The Labute approximate surface area is 654 Å². The molecule has 14 unspecified atom stereocenters. The zero-order valence-corrected chi connectivity index (χ0v) is 64.6. The summed E-state index contributed by atoms with van der Waals surface area (Å²) in [4.78, 5) is 277. The molecule has 0 bridgehead atoms. The lowest BCUT2D eigenvalue weighted by atomic mass is 9.95. The Morgan fingerprint density at radius 1 is 0.596 bits per heavy atom. The van der Waals surface area contributed by atoms with Crippen LogP contribution in [0.2, 0.25) is 0 Å². The van der Waals surface area contributed by atoms with Crippen molar-refractivity contribution in [1.82, 2.24) is 73.7 Å². The topological polar surface area (TPSA) is 682 Å². The number of fused-ring (bicyclic) bond motifs is 1. The number of benzene rings is 1. The molecule has 1 aliphatic heterocycles. The fraction of sp³-hybridized carbons (Fsp3) is 0.606. The van der Waals surface area contributed by atoms with Crippen molar-refractivity contribution in [1.29, 1.82) is 0 Å². The van der Waals surface area contributed by atoms with Crippen molar-refractivity contribution in [2.75, 3.05) is 33.8 Å². The molecule has 1 saturated heterocycles. The van der Waals surface area contributed by atoms with Crippen LogP contribution < -0.4 is 81.0 Å². The normalized spacial score (nSPS) is 21.7. The van der Waals surface area contributed by atoms with E-state index in [-0.39, 0.29) is 38.6 Å². The Balaban J connectivity index is 2.24. The number of ether oxygens (including phenoxy) is 2. The number of rotatable bonds is 36. The van der Waals surface area contributed by atoms with E-state index in [2.05, 4.69) is 70.4 Å². The molecule has 43 nitrogen and oxygen atoms in total. The third-order valence-electron chi connectivity index (χ3n) is 18.0. The van der Waals surface area contributed by atoms with Gasteiger partial charge in [0.25, 0.3) is 0 Å². The number of nitrogens with zero attached hydrogens (tertiary/aromatic N) is 1. The van der Waals surface area contributed by atoms with Gasteiger partial charge in [-0.3, -0.25) is 86.3 Å². The second-order valence-electron chi connectivity index (χ2n) is 27.8. The van der Waals surface area contributed by atoms with Crippen LogP contribution in [0.15, 0.2) is 30.5 Å². The molecule has 0 aliphatic carbocycles. The van der Waals surface area contributed by atoms with Crippen molar-refractivity contribution in [3.63, 3.8) is 0 Å². The number of H-pyrrole nitrogens is 1. The second-order valence-corrected chi connectivity index (χ2v) is 27.8. The highest BCUT2D eigenvalue weighted by Gasteiger charge is 2.43. The van der Waals surface area contributed by atoms with Gasteiger partial charge in [-0.05, 0) is 69.5 Å². The van der Waals surface area contributed by atoms with Crippen molar-refractivity contribution in [2.45, 2.75) is 229 Å². The fourth-order valence-corrected chi connectivity index (χ4v) is 11.8. The minimum absolute atomic E-state index is 0.00228. The van der Waals surface area contributed by atoms with Gasteiger partial charge in [-0.25, -0.2) is 9.59 Å². The Morgan fingerprint density at radius 3 is 1.75 bits per heavy atom. The van der Waals surface area contributed by atoms with Crippen molar-refractivity contribution in [3.8, 4) is 0 Å². The number of hydrogen-bond acceptors (Lipinski definition) is 23. The molecule has 0 saturated carbocycles. The van der Waals surface area contributed by atoms with E-state index < -0.39 is 254 Å². The Kier molecular flexibility index (Phi) is 40.6. The second kappa shape index (κ2) is 48.1. The van der Waals surface area contributed by atoms with Crippen LogP contribution in [0.5, 0.6) is 0 Å². The number of cyclic esters (lactones) is 1. The number of likely N-dealkylation sites (N-methyl/N-ethyl adjacent to an activating group) is 1. The quantitative estimate of drug-likeness (QED) is 0.0223. The highest BCUT2D eigenvalue weighted by molar-refractivity contribution is 6.02. The predicted molar refractivity (Wildman–Crippen MR) is 397 cm³/mol. The standard InChI is InChI=1S/C71H107N17O26/c1-9-10-11-12-13-14-15-23-49(91)78-42(26-38-31-75-40-21-17-16-20-39(38)40)62(102)82-44(28-48(74)90)63(103)83-46(30-54(98)99)66(106)86-57-37(6)114-71(112)55(34(2)3)84-68(108)56(35(4)25-52(94)95)85-65(105)43(27-47(73)89)79-50(92)32-76-67(107)58(59(113-8)70(110)111)87-61(101)41(22-18-19-24-72)80-64(104)45(29-53(96)97)81-60(100)36(5)77-51(93)33-88(7)69(57)109/h16-17,20-21,31,34-37,41-46,55-59,75H,9-15,18-19,22-30,32-33,72H2,1-8H3,(H2,73,89)(H2,74,90)(H,76,107)(H,77,93)(H,78,91)(H,79,92)(H,80,104)(H,81,100)(H,82,102)(H,83,103)(H,84,108)(H,85,105)(H,86,106)(H,87,101)(H,94,95)(H,96,97)(H,98,99)(H,110,111). The van der Waals surface area contributed by atoms with Gasteiger partial charge in [-0.2, -0.15) is 0 Å². The minimum atomic E-state index is -2.32. The number of nitrogens with one attached hydrogen (secondary N) is 13. The Morgan fingerprint density at radius 2 is 1.17 bits per heavy atom. The average molecular weight is 1610 g/mol. The molecular weight excluding hydrogens is 1510 g/mol. The molecule has 23 N–H and O–H groups in total. The minimum Gasteiger partial charge on any atom is -0.481 e. The molecular formula is C71H107N17O26. The number of hydrogen-bond donors (Lipinski definition) is 20. The van der Waals surface area contributed by atoms with E-state index in [1.165, 1.54) is 13.8 Å². The first-order valence-corrected chi connectivity index (χ1v) is 36.9. The Hall–Kier alpha value is -11.9. The molecule has 632 valence electrons. The summed E-state index contributed by atoms with van der Waals surface area (Å²) in [6.07, 6.45) is -2.61. The van der Waals surface area contributed by atoms with Crippen LogP contribution in [-0.4, -0.2) is 261 Å². The summed E-state index contributed by atoms with van der Waals surface area (Å²) in [5.74, 6) is -30.4. The van der Waals surface area contributed by atoms with Gasteiger partial charge in [0.2, 0.25) is 88.6 Å². The monoisotopic (exact) mass is 1610 g/mol. The molecule has 1 fully saturated rings. The van der Waals surface area contributed by atoms with Crippen LogP contribution in [0.4, 0.5) is 0 Å². The van der Waals surface area contributed by atoms with Crippen molar-refractivity contribution in [3.05, 3.63) is 36.0 Å². The fourth-order valence-electron chi connectivity index (χ4n) is 11.8. The summed E-state index contributed by atoms with van der Waals surface area (Å²) < 4.78 is 10.7. The molecule has 114 heavy (non-hydrogen) atoms. The van der Waals surface area contributed by atoms with Crippen LogP contribution >= 0.6 is 0 Å². The highest BCUT2D eigenvalue weighted by atomic mass is 16.5. The predicted octanol–water partition coefficient (Wildman–Crippen LogP) is -5.58. The summed E-state index contributed by atoms with van der Waals surface area (Å²) in [5.41, 5.74) is 17.9. The number of carboxylic acids is 4. The molecule has 1 aromatic heterocycles. The third-order valence-corrected chi connectivity index (χ3v) is 18.0. The van der Waals surface area contributed by atoms with Gasteiger partial charge in [-0.1, -0.05) is 84.4 Å². The van der Waals surface area contributed by atoms with E-state index in [0.29, 0.717) is 34.2 Å². The largest absolute Gasteiger partial charge is 0.481 e. The van der Waals surface area contributed by atoms with Crippen LogP contribution in [0.3, 0.4) is 0 Å². The maximum Gasteiger partial charge on any atom is 0.335 e. The molecule has 43 heteroatoms. The van der Waals surface area contributed by atoms with Gasteiger partial charge in [0, 0.05) is 44.1 Å². The first-order valence-electron chi connectivity index (χ1n) is 36.9. The lowest BCUT2D eigenvalue weighted by Gasteiger charge is -2.32. The van der Waals surface area contributed by atoms with Crippen molar-refractivity contribution >= 4 is 129 Å². The van der Waals surface area contributed by atoms with Gasteiger partial charge >= 0.3 is 29.8 Å². The first-order chi connectivity index (χ1) is 53.6. The summed E-state index contributed by atoms with van der Waals surface area (Å²) >= 11 is 0. The number of aromatic nitrogens is 1. The van der Waals surface area contributed by atoms with Gasteiger partial charge in [0.1, 0.15) is 72.6 Å². The number of aliphatic carboxylic acids is 4. The van der Waals surface area contributed by atoms with Crippen LogP contribution in [0.1, 0.15) is 150 Å². The smallest absolute Gasteiger partial charge is 0.335 e. The lowest BCUT2D eigenvalue weighted by molar-refractivity contribution is -0.159. The van der Waals surface area contributed by atoms with Gasteiger partial charge in [0.05, 0.1) is 45.2 Å². The summed E-state index contributed by atoms with van der Waals surface area (Å²) in [5, 5.41) is 67.3. The van der Waals surface area contributed by atoms with E-state index in [1.807, 2.05) is 5.32 Å². The van der Waals surface area contributed by atoms with E-state index >= 15 is 0 Å². The maximum atomic E-state index is 14.9. The number of aromatic amines is 1. The molecule has 2 heterocycles. The summed E-state index contributed by atoms with van der Waals surface area (Å²) in [7, 11) is 1.73. The number of esters is 1. The number of nitrogens with two attached hydrogens (primary N) is 3. The maximum absolute atomic E-state index is 14.9. The van der Waals surface area contributed by atoms with E-state index in [1.54, 1.807) is 30.5 Å². The molecule has 0 radical (unpaired) electrons. The molecule has 14 atom stereocenters. The average Bonchev–Trinajstić information content (AvgIpc) is 1.57. The zero-order chi connectivity index (χ0) is 85.8. The number of unbranched alkanes of at least 4 members (excludes halogenated alkanes) is 7. The number of carbonyl (C=O) groups excluding carboxylic acids is 16. The number of methoxy groups -OCH3 is 1. The number of para-hydroxylation sites is 1. The molecule has 0 spiro atoms. The zero-order valence-electron chi connectivity index (χ0n) is 64.6. The molecule has 15 amide bonds. The molecule has 3 rings (SSSR count). The molecule has 1 aliphatic rings. The van der Waals surface area contributed by atoms with Gasteiger partial charge in [0.15, 0.2) is 6.10 Å². The van der Waals surface area contributed by atoms with Crippen molar-refractivity contribution < 1.29 is 126 Å². The van der Waals surface area contributed by atoms with E-state index in [0.717, 1.165) is 67.0 Å². The van der Waals surface area contributed by atoms with Crippen molar-refractivity contribution in [2.24, 2.45) is 29.0 Å². The summed E-state index contributed by atoms with van der Waals surface area (Å²) in [6.45, 7) is 5.54. The number of primary amides is 2. The van der Waals surface area contributed by atoms with E-state index in [9.17, 15) is 116 Å². The Bertz CT molecular complexity index is 3800. The van der Waals surface area contributed by atoms with Gasteiger partial charge < -0.3 is 121 Å². The van der Waals surface area contributed by atoms with Crippen LogP contribution in [-0.2, 0) is 112 Å². The third kappa shape index (κ3) is 32.8. The number of carboxylic acid groups (broad SMARTS) is 4. The highest BCUT2D eigenvalue weighted by Crippen LogP contribution is 2.21. The first kappa shape index (κ1) is 96.3. The van der Waals surface area contributed by atoms with Gasteiger partial charge in [-0.15, -0.1) is 0 Å².